The fourth-order valence-corrected chi connectivity index (χ4v) is 4.24. The first-order valence-electron chi connectivity index (χ1n) is 11.3. The maximum absolute atomic E-state index is 13.3. The Balaban J connectivity index is 1.57. The summed E-state index contributed by atoms with van der Waals surface area (Å²) in [6, 6.07) is 20.6. The average molecular weight is 462 g/mol. The van der Waals surface area contributed by atoms with Crippen LogP contribution in [0.4, 0.5) is 17.1 Å². The molecule has 0 spiro atoms. The summed E-state index contributed by atoms with van der Waals surface area (Å²) >= 11 is 6.24. The summed E-state index contributed by atoms with van der Waals surface area (Å²) in [7, 11) is 0. The highest BCUT2D eigenvalue weighted by Crippen LogP contribution is 2.29. The second kappa shape index (κ2) is 10.5. The lowest BCUT2D eigenvalue weighted by atomic mass is 10.1. The third kappa shape index (κ3) is 5.93. The van der Waals surface area contributed by atoms with Gasteiger partial charge in [0.1, 0.15) is 0 Å². The van der Waals surface area contributed by atoms with Gasteiger partial charge in [-0.25, -0.2) is 0 Å². The summed E-state index contributed by atoms with van der Waals surface area (Å²) in [5.41, 5.74) is 4.54. The van der Waals surface area contributed by atoms with Crippen LogP contribution in [0, 0.1) is 6.92 Å². The second-order valence-corrected chi connectivity index (χ2v) is 8.82. The predicted molar refractivity (Wildman–Crippen MR) is 135 cm³/mol. The van der Waals surface area contributed by atoms with Crippen molar-refractivity contribution in [3.63, 3.8) is 0 Å². The van der Waals surface area contributed by atoms with E-state index in [0.29, 0.717) is 22.0 Å². The molecule has 1 fully saturated rings. The summed E-state index contributed by atoms with van der Waals surface area (Å²) in [4.78, 5) is 28.1. The van der Waals surface area contributed by atoms with Gasteiger partial charge in [-0.2, -0.15) is 0 Å². The summed E-state index contributed by atoms with van der Waals surface area (Å²) in [6.07, 6.45) is 3.68. The summed E-state index contributed by atoms with van der Waals surface area (Å²) in [5, 5.41) is 6.50. The Morgan fingerprint density at radius 3 is 2.30 bits per heavy atom. The quantitative estimate of drug-likeness (QED) is 0.468. The fraction of sp³-hybridized carbons (Fsp3) is 0.259. The largest absolute Gasteiger partial charge is 0.371 e. The highest BCUT2D eigenvalue weighted by Gasteiger charge is 2.20. The van der Waals surface area contributed by atoms with Crippen molar-refractivity contribution >= 4 is 40.5 Å². The van der Waals surface area contributed by atoms with Gasteiger partial charge in [-0.15, -0.1) is 0 Å². The summed E-state index contributed by atoms with van der Waals surface area (Å²) in [5.74, 6) is -0.349. The molecule has 4 rings (SSSR count). The number of rotatable bonds is 6. The molecule has 33 heavy (non-hydrogen) atoms. The lowest BCUT2D eigenvalue weighted by Gasteiger charge is -2.30. The molecular weight excluding hydrogens is 434 g/mol. The van der Waals surface area contributed by atoms with E-state index in [-0.39, 0.29) is 18.2 Å². The molecule has 1 heterocycles. The average Bonchev–Trinajstić information content (AvgIpc) is 2.82. The van der Waals surface area contributed by atoms with E-state index in [2.05, 4.69) is 15.5 Å². The van der Waals surface area contributed by atoms with E-state index in [9.17, 15) is 9.59 Å². The van der Waals surface area contributed by atoms with Crippen molar-refractivity contribution in [3.8, 4) is 0 Å². The number of aryl methyl sites for hydroxylation is 1. The number of amides is 2. The second-order valence-electron chi connectivity index (χ2n) is 8.41. The smallest absolute Gasteiger partial charge is 0.257 e. The monoisotopic (exact) mass is 461 g/mol. The molecule has 0 atom stereocenters. The molecule has 0 unspecified atom stereocenters. The minimum Gasteiger partial charge on any atom is -0.371 e. The van der Waals surface area contributed by atoms with Gasteiger partial charge in [-0.3, -0.25) is 9.59 Å². The minimum absolute atomic E-state index is 0.122. The number of nitrogens with zero attached hydrogens (tertiary/aromatic N) is 1. The minimum atomic E-state index is -0.227. The molecule has 0 aromatic heterocycles. The first kappa shape index (κ1) is 22.9. The SMILES string of the molecule is Cc1ccc(NC(=O)c2cc(NC(=O)Cc3ccccc3)ccc2N2CCCCC2)cc1Cl. The van der Waals surface area contributed by atoms with Crippen molar-refractivity contribution in [2.75, 3.05) is 28.6 Å². The number of anilines is 3. The topological polar surface area (TPSA) is 61.4 Å². The summed E-state index contributed by atoms with van der Waals surface area (Å²) < 4.78 is 0. The predicted octanol–water partition coefficient (Wildman–Crippen LogP) is 6.07. The Hall–Kier alpha value is -3.31. The Kier molecular flexibility index (Phi) is 7.30. The molecule has 5 nitrogen and oxygen atoms in total. The van der Waals surface area contributed by atoms with E-state index in [1.54, 1.807) is 12.1 Å². The zero-order valence-corrected chi connectivity index (χ0v) is 19.5. The molecule has 6 heteroatoms. The van der Waals surface area contributed by atoms with Crippen LogP contribution in [0.25, 0.3) is 0 Å². The van der Waals surface area contributed by atoms with Crippen LogP contribution in [0.5, 0.6) is 0 Å². The van der Waals surface area contributed by atoms with Crippen molar-refractivity contribution < 1.29 is 9.59 Å². The Morgan fingerprint density at radius 1 is 0.879 bits per heavy atom. The number of benzene rings is 3. The first-order valence-corrected chi connectivity index (χ1v) is 11.7. The molecule has 0 bridgehead atoms. The van der Waals surface area contributed by atoms with Crippen molar-refractivity contribution in [2.45, 2.75) is 32.6 Å². The number of halogens is 1. The molecule has 1 aliphatic heterocycles. The normalized spacial score (nSPS) is 13.5. The van der Waals surface area contributed by atoms with Crippen LogP contribution in [-0.4, -0.2) is 24.9 Å². The van der Waals surface area contributed by atoms with Gasteiger partial charge in [-0.05, 0) is 67.6 Å². The van der Waals surface area contributed by atoms with Crippen LogP contribution in [0.2, 0.25) is 5.02 Å². The molecule has 0 aliphatic carbocycles. The maximum atomic E-state index is 13.3. The van der Waals surface area contributed by atoms with Gasteiger partial charge in [-0.1, -0.05) is 48.0 Å². The lowest BCUT2D eigenvalue weighted by molar-refractivity contribution is -0.115. The van der Waals surface area contributed by atoms with Crippen LogP contribution >= 0.6 is 11.6 Å². The van der Waals surface area contributed by atoms with E-state index >= 15 is 0 Å². The maximum Gasteiger partial charge on any atom is 0.257 e. The van der Waals surface area contributed by atoms with E-state index in [0.717, 1.165) is 42.7 Å². The molecule has 0 radical (unpaired) electrons. The molecule has 1 aliphatic rings. The Bertz CT molecular complexity index is 1140. The molecule has 170 valence electrons. The number of hydrogen-bond donors (Lipinski definition) is 2. The van der Waals surface area contributed by atoms with Crippen LogP contribution < -0.4 is 15.5 Å². The van der Waals surface area contributed by atoms with E-state index < -0.39 is 0 Å². The number of carbonyl (C=O) groups is 2. The molecule has 1 saturated heterocycles. The van der Waals surface area contributed by atoms with Crippen LogP contribution in [-0.2, 0) is 11.2 Å². The van der Waals surface area contributed by atoms with Crippen LogP contribution in [0.1, 0.15) is 40.7 Å². The van der Waals surface area contributed by atoms with Gasteiger partial charge in [0, 0.05) is 35.2 Å². The molecule has 3 aromatic rings. The lowest BCUT2D eigenvalue weighted by Crippen LogP contribution is -2.31. The van der Waals surface area contributed by atoms with Crippen LogP contribution in [0.3, 0.4) is 0 Å². The van der Waals surface area contributed by atoms with Gasteiger partial charge in [0.15, 0.2) is 0 Å². The number of piperidine rings is 1. The van der Waals surface area contributed by atoms with Gasteiger partial charge in [0.2, 0.25) is 5.91 Å². The molecule has 2 amide bonds. The van der Waals surface area contributed by atoms with Crippen molar-refractivity contribution in [1.82, 2.24) is 0 Å². The zero-order valence-electron chi connectivity index (χ0n) is 18.7. The summed E-state index contributed by atoms with van der Waals surface area (Å²) in [6.45, 7) is 3.75. The molecule has 2 N–H and O–H groups in total. The fourth-order valence-electron chi connectivity index (χ4n) is 4.06. The van der Waals surface area contributed by atoms with Crippen molar-refractivity contribution in [1.29, 1.82) is 0 Å². The van der Waals surface area contributed by atoms with Crippen molar-refractivity contribution in [2.24, 2.45) is 0 Å². The molecular formula is C27H28ClN3O2. The molecule has 0 saturated carbocycles. The zero-order chi connectivity index (χ0) is 23.2. The van der Waals surface area contributed by atoms with E-state index in [1.807, 2.05) is 61.5 Å². The Morgan fingerprint density at radius 2 is 1.58 bits per heavy atom. The number of hydrogen-bond acceptors (Lipinski definition) is 3. The number of nitrogens with one attached hydrogen (secondary N) is 2. The third-order valence-corrected chi connectivity index (χ3v) is 6.27. The first-order chi connectivity index (χ1) is 16.0. The van der Waals surface area contributed by atoms with Crippen LogP contribution in [0.15, 0.2) is 66.7 Å². The Labute approximate surface area is 199 Å². The molecule has 3 aromatic carbocycles. The van der Waals surface area contributed by atoms with E-state index in [4.69, 9.17) is 11.6 Å². The highest BCUT2D eigenvalue weighted by atomic mass is 35.5. The number of carbonyl (C=O) groups excluding carboxylic acids is 2. The van der Waals surface area contributed by atoms with Gasteiger partial charge >= 0.3 is 0 Å². The van der Waals surface area contributed by atoms with Gasteiger partial charge in [0.05, 0.1) is 12.0 Å². The van der Waals surface area contributed by atoms with Crippen molar-refractivity contribution in [3.05, 3.63) is 88.4 Å². The van der Waals surface area contributed by atoms with E-state index in [1.165, 1.54) is 6.42 Å². The highest BCUT2D eigenvalue weighted by molar-refractivity contribution is 6.31. The standard InChI is InChI=1S/C27H28ClN3O2/c1-19-10-11-22(18-24(19)28)30-27(33)23-17-21(12-13-25(23)31-14-6-3-7-15-31)29-26(32)16-20-8-4-2-5-9-20/h2,4-5,8-13,17-18H,3,6-7,14-16H2,1H3,(H,29,32)(H,30,33). The van der Waals surface area contributed by atoms with Gasteiger partial charge in [0.25, 0.3) is 5.91 Å². The third-order valence-electron chi connectivity index (χ3n) is 5.86. The van der Waals surface area contributed by atoms with Gasteiger partial charge < -0.3 is 15.5 Å².